The topological polar surface area (TPSA) is 21.1 Å². The minimum atomic E-state index is 1.12. The highest BCUT2D eigenvalue weighted by Crippen LogP contribution is 2.24. The van der Waals surface area contributed by atoms with Crippen molar-refractivity contribution in [3.8, 4) is 11.3 Å². The zero-order chi connectivity index (χ0) is 14.5. The third-order valence-corrected chi connectivity index (χ3v) is 5.13. The molecule has 0 amide bonds. The lowest BCUT2D eigenvalue weighted by atomic mass is 10.1. The number of benzene rings is 1. The van der Waals surface area contributed by atoms with Gasteiger partial charge in [-0.3, -0.25) is 0 Å². The van der Waals surface area contributed by atoms with Crippen molar-refractivity contribution in [3.05, 3.63) is 36.5 Å². The number of nitrogens with zero attached hydrogens (tertiary/aromatic N) is 3. The molecule has 1 aliphatic heterocycles. The Hall–Kier alpha value is -1.26. The van der Waals surface area contributed by atoms with Crippen molar-refractivity contribution in [1.29, 1.82) is 0 Å². The first-order valence-electron chi connectivity index (χ1n) is 7.77. The van der Waals surface area contributed by atoms with E-state index in [1.807, 2.05) is 24.0 Å². The number of rotatable bonds is 5. The highest BCUT2D eigenvalue weighted by molar-refractivity contribution is 7.99. The van der Waals surface area contributed by atoms with Crippen LogP contribution >= 0.6 is 11.8 Å². The molecule has 1 saturated heterocycles. The summed E-state index contributed by atoms with van der Waals surface area (Å²) >= 11 is 1.87. The molecule has 0 unspecified atom stereocenters. The summed E-state index contributed by atoms with van der Waals surface area (Å²) in [4.78, 5) is 7.16. The highest BCUT2D eigenvalue weighted by Gasteiger charge is 2.12. The number of likely N-dealkylation sites (tertiary alicyclic amines) is 1. The van der Waals surface area contributed by atoms with Crippen LogP contribution in [0.25, 0.3) is 11.3 Å². The fraction of sp³-hybridized carbons (Fsp3) is 0.471. The van der Waals surface area contributed by atoms with E-state index in [0.717, 1.165) is 10.9 Å². The van der Waals surface area contributed by atoms with E-state index in [2.05, 4.69) is 45.8 Å². The zero-order valence-electron chi connectivity index (χ0n) is 12.7. The van der Waals surface area contributed by atoms with Gasteiger partial charge in [0.2, 0.25) is 0 Å². The van der Waals surface area contributed by atoms with Crippen LogP contribution in [-0.2, 0) is 7.05 Å². The smallest absolute Gasteiger partial charge is 0.168 e. The van der Waals surface area contributed by atoms with Crippen molar-refractivity contribution >= 4 is 11.8 Å². The number of piperidine rings is 1. The third-order valence-electron chi connectivity index (χ3n) is 4.10. The molecular weight excluding hydrogens is 278 g/mol. The van der Waals surface area contributed by atoms with Gasteiger partial charge in [0.15, 0.2) is 5.16 Å². The number of aromatic nitrogens is 2. The molecule has 1 fully saturated rings. The van der Waals surface area contributed by atoms with Gasteiger partial charge in [-0.15, -0.1) is 0 Å². The first kappa shape index (κ1) is 14.7. The normalized spacial score (nSPS) is 16.2. The summed E-state index contributed by atoms with van der Waals surface area (Å²) in [5, 5.41) is 1.12. The summed E-state index contributed by atoms with van der Waals surface area (Å²) in [6, 6.07) is 10.5. The lowest BCUT2D eigenvalue weighted by Crippen LogP contribution is -2.31. The van der Waals surface area contributed by atoms with Crippen LogP contribution in [0.2, 0.25) is 0 Å². The van der Waals surface area contributed by atoms with E-state index in [9.17, 15) is 0 Å². The van der Waals surface area contributed by atoms with Gasteiger partial charge in [0.25, 0.3) is 0 Å². The van der Waals surface area contributed by atoms with E-state index in [1.54, 1.807) is 0 Å². The Bertz CT molecular complexity index is 559. The molecule has 0 spiro atoms. The van der Waals surface area contributed by atoms with Crippen LogP contribution in [0.1, 0.15) is 19.3 Å². The Morgan fingerprint density at radius 3 is 2.62 bits per heavy atom. The van der Waals surface area contributed by atoms with E-state index < -0.39 is 0 Å². The number of imidazole rings is 1. The molecule has 2 aromatic rings. The summed E-state index contributed by atoms with van der Waals surface area (Å²) in [7, 11) is 2.11. The first-order chi connectivity index (χ1) is 10.3. The molecule has 0 N–H and O–H groups in total. The minimum absolute atomic E-state index is 1.12. The minimum Gasteiger partial charge on any atom is -0.322 e. The second kappa shape index (κ2) is 7.14. The molecule has 3 nitrogen and oxygen atoms in total. The molecule has 21 heavy (non-hydrogen) atoms. The number of hydrogen-bond donors (Lipinski definition) is 0. The van der Waals surface area contributed by atoms with Crippen molar-refractivity contribution < 1.29 is 0 Å². The second-order valence-corrected chi connectivity index (χ2v) is 6.66. The molecule has 0 atom stereocenters. The Morgan fingerprint density at radius 2 is 1.86 bits per heavy atom. The zero-order valence-corrected chi connectivity index (χ0v) is 13.5. The predicted octanol–water partition coefficient (Wildman–Crippen LogP) is 3.67. The average molecular weight is 301 g/mol. The van der Waals surface area contributed by atoms with Gasteiger partial charge >= 0.3 is 0 Å². The Morgan fingerprint density at radius 1 is 1.10 bits per heavy atom. The molecule has 0 aliphatic carbocycles. The van der Waals surface area contributed by atoms with Gasteiger partial charge in [0.1, 0.15) is 0 Å². The van der Waals surface area contributed by atoms with Crippen molar-refractivity contribution in [1.82, 2.24) is 14.5 Å². The fourth-order valence-electron chi connectivity index (χ4n) is 2.85. The summed E-state index contributed by atoms with van der Waals surface area (Å²) in [5.41, 5.74) is 2.42. The molecule has 0 saturated carbocycles. The maximum atomic E-state index is 4.58. The quantitative estimate of drug-likeness (QED) is 0.786. The Labute approximate surface area is 131 Å². The van der Waals surface area contributed by atoms with Crippen LogP contribution < -0.4 is 0 Å². The summed E-state index contributed by atoms with van der Waals surface area (Å²) in [6.45, 7) is 3.73. The van der Waals surface area contributed by atoms with Gasteiger partial charge in [-0.05, 0) is 31.5 Å². The molecule has 0 bridgehead atoms. The largest absolute Gasteiger partial charge is 0.322 e. The van der Waals surface area contributed by atoms with Crippen LogP contribution in [0.3, 0.4) is 0 Å². The summed E-state index contributed by atoms with van der Waals surface area (Å²) < 4.78 is 2.20. The molecule has 112 valence electrons. The van der Waals surface area contributed by atoms with Gasteiger partial charge in [0.05, 0.1) is 11.9 Å². The molecular formula is C17H23N3S. The van der Waals surface area contributed by atoms with Crippen LogP contribution in [-0.4, -0.2) is 39.8 Å². The first-order valence-corrected chi connectivity index (χ1v) is 8.75. The third kappa shape index (κ3) is 3.69. The van der Waals surface area contributed by atoms with Crippen molar-refractivity contribution in [2.75, 3.05) is 25.4 Å². The van der Waals surface area contributed by atoms with Gasteiger partial charge in [-0.25, -0.2) is 4.98 Å². The standard InChI is InChI=1S/C17H23N3S/c1-19-16(15-8-4-2-5-9-15)14-18-17(19)21-13-12-20-10-6-3-7-11-20/h2,4-5,8-9,14H,3,6-7,10-13H2,1H3. The van der Waals surface area contributed by atoms with Crippen molar-refractivity contribution in [3.63, 3.8) is 0 Å². The van der Waals surface area contributed by atoms with Crippen molar-refractivity contribution in [2.45, 2.75) is 24.4 Å². The van der Waals surface area contributed by atoms with Gasteiger partial charge < -0.3 is 9.47 Å². The maximum Gasteiger partial charge on any atom is 0.168 e. The van der Waals surface area contributed by atoms with Gasteiger partial charge in [0, 0.05) is 19.3 Å². The molecule has 4 heteroatoms. The Kier molecular flexibility index (Phi) is 4.99. The van der Waals surface area contributed by atoms with Gasteiger partial charge in [-0.2, -0.15) is 0 Å². The molecule has 1 aliphatic rings. The van der Waals surface area contributed by atoms with Crippen LogP contribution in [0.15, 0.2) is 41.7 Å². The lowest BCUT2D eigenvalue weighted by molar-refractivity contribution is 0.242. The predicted molar refractivity (Wildman–Crippen MR) is 89.7 cm³/mol. The number of thioether (sulfide) groups is 1. The van der Waals surface area contributed by atoms with E-state index in [1.165, 1.54) is 50.2 Å². The van der Waals surface area contributed by atoms with Gasteiger partial charge in [-0.1, -0.05) is 48.5 Å². The summed E-state index contributed by atoms with van der Waals surface area (Å²) in [5.74, 6) is 1.12. The maximum absolute atomic E-state index is 4.58. The van der Waals surface area contributed by atoms with Crippen LogP contribution in [0.4, 0.5) is 0 Å². The SMILES string of the molecule is Cn1c(-c2ccccc2)cnc1SCCN1CCCCC1. The molecule has 3 rings (SSSR count). The van der Waals surface area contributed by atoms with E-state index in [4.69, 9.17) is 0 Å². The van der Waals surface area contributed by atoms with E-state index in [0.29, 0.717) is 0 Å². The molecule has 1 aromatic carbocycles. The lowest BCUT2D eigenvalue weighted by Gasteiger charge is -2.25. The highest BCUT2D eigenvalue weighted by atomic mass is 32.2. The molecule has 0 radical (unpaired) electrons. The van der Waals surface area contributed by atoms with E-state index >= 15 is 0 Å². The summed E-state index contributed by atoms with van der Waals surface area (Å²) in [6.07, 6.45) is 6.12. The fourth-order valence-corrected chi connectivity index (χ4v) is 3.80. The molecule has 2 heterocycles. The second-order valence-electron chi connectivity index (χ2n) is 5.60. The average Bonchev–Trinajstić information content (AvgIpc) is 2.90. The Balaban J connectivity index is 1.58. The van der Waals surface area contributed by atoms with Crippen LogP contribution in [0.5, 0.6) is 0 Å². The van der Waals surface area contributed by atoms with Crippen molar-refractivity contribution in [2.24, 2.45) is 7.05 Å². The van der Waals surface area contributed by atoms with E-state index in [-0.39, 0.29) is 0 Å². The van der Waals surface area contributed by atoms with Crippen LogP contribution in [0, 0.1) is 0 Å². The monoisotopic (exact) mass is 301 g/mol. The molecule has 1 aromatic heterocycles. The number of hydrogen-bond acceptors (Lipinski definition) is 3.